The van der Waals surface area contributed by atoms with Crippen LogP contribution < -0.4 is 10.1 Å². The Balaban J connectivity index is 1.78. The van der Waals surface area contributed by atoms with Gasteiger partial charge in [-0.1, -0.05) is 19.8 Å². The number of anilines is 1. The molecule has 2 rings (SSSR count). The number of amides is 1. The lowest BCUT2D eigenvalue weighted by atomic mass is 10.0. The number of rotatable bonds is 8. The predicted molar refractivity (Wildman–Crippen MR) is 101 cm³/mol. The van der Waals surface area contributed by atoms with Crippen LogP contribution in [-0.4, -0.2) is 49.8 Å². The fraction of sp³-hybridized carbons (Fsp3) is 0.650. The number of benzene rings is 1. The van der Waals surface area contributed by atoms with Gasteiger partial charge in [0.05, 0.1) is 0 Å². The van der Waals surface area contributed by atoms with Crippen LogP contribution in [0.5, 0.6) is 5.75 Å². The van der Waals surface area contributed by atoms with E-state index in [4.69, 9.17) is 9.47 Å². The molecule has 0 aliphatic carbocycles. The quantitative estimate of drug-likeness (QED) is 0.778. The number of nitrogens with one attached hydrogen (secondary N) is 1. The zero-order valence-electron chi connectivity index (χ0n) is 15.8. The van der Waals surface area contributed by atoms with Crippen molar-refractivity contribution in [2.75, 3.05) is 38.7 Å². The van der Waals surface area contributed by atoms with Gasteiger partial charge < -0.3 is 14.8 Å². The molecule has 0 bridgehead atoms. The van der Waals surface area contributed by atoms with Gasteiger partial charge >= 0.3 is 0 Å². The average Bonchev–Trinajstić information content (AvgIpc) is 2.91. The smallest absolute Gasteiger partial charge is 0.256 e. The highest BCUT2D eigenvalue weighted by Crippen LogP contribution is 2.20. The largest absolute Gasteiger partial charge is 0.492 e. The van der Waals surface area contributed by atoms with Crippen molar-refractivity contribution in [1.82, 2.24) is 4.90 Å². The maximum atomic E-state index is 12.3. The normalized spacial score (nSPS) is 18.2. The molecule has 1 saturated heterocycles. The van der Waals surface area contributed by atoms with E-state index in [1.54, 1.807) is 14.0 Å². The molecule has 25 heavy (non-hydrogen) atoms. The summed E-state index contributed by atoms with van der Waals surface area (Å²) in [6, 6.07) is 7.53. The van der Waals surface area contributed by atoms with Gasteiger partial charge in [-0.25, -0.2) is 0 Å². The molecule has 1 N–H and O–H groups in total. The van der Waals surface area contributed by atoms with E-state index >= 15 is 0 Å². The van der Waals surface area contributed by atoms with Crippen LogP contribution in [0.3, 0.4) is 0 Å². The lowest BCUT2D eigenvalue weighted by Crippen LogP contribution is -2.41. The van der Waals surface area contributed by atoms with E-state index in [1.807, 2.05) is 31.2 Å². The molecule has 1 aromatic rings. The molecule has 1 aliphatic rings. The molecule has 0 spiro atoms. The summed E-state index contributed by atoms with van der Waals surface area (Å²) in [5, 5.41) is 2.90. The summed E-state index contributed by atoms with van der Waals surface area (Å²) in [7, 11) is 1.56. The van der Waals surface area contributed by atoms with Crippen molar-refractivity contribution in [3.05, 3.63) is 24.3 Å². The van der Waals surface area contributed by atoms with Crippen LogP contribution in [0, 0.1) is 0 Å². The van der Waals surface area contributed by atoms with E-state index < -0.39 is 5.60 Å². The zero-order chi connectivity index (χ0) is 18.1. The number of likely N-dealkylation sites (tertiary alicyclic amines) is 1. The third-order valence-corrected chi connectivity index (χ3v) is 5.09. The van der Waals surface area contributed by atoms with Crippen LogP contribution in [0.2, 0.25) is 0 Å². The van der Waals surface area contributed by atoms with Gasteiger partial charge in [-0.15, -0.1) is 0 Å². The maximum absolute atomic E-state index is 12.3. The molecule has 1 heterocycles. The van der Waals surface area contributed by atoms with E-state index in [9.17, 15) is 4.79 Å². The Morgan fingerprint density at radius 2 is 1.80 bits per heavy atom. The molecule has 0 saturated carbocycles. The number of carbonyl (C=O) groups is 1. The highest BCUT2D eigenvalue weighted by molar-refractivity contribution is 5.97. The van der Waals surface area contributed by atoms with E-state index in [-0.39, 0.29) is 5.91 Å². The number of nitrogens with zero attached hydrogens (tertiary/aromatic N) is 1. The van der Waals surface area contributed by atoms with Gasteiger partial charge in [0, 0.05) is 19.3 Å². The summed E-state index contributed by atoms with van der Waals surface area (Å²) in [6.45, 7) is 7.77. The Morgan fingerprint density at radius 1 is 1.16 bits per heavy atom. The molecule has 1 aromatic carbocycles. The SMILES string of the molecule is CCC(C)(OC)C(=O)Nc1ccc(OCCN2CCCCCC2)cc1. The van der Waals surface area contributed by atoms with Crippen LogP contribution in [0.4, 0.5) is 5.69 Å². The van der Waals surface area contributed by atoms with Crippen LogP contribution in [0.1, 0.15) is 46.0 Å². The van der Waals surface area contributed by atoms with E-state index in [0.29, 0.717) is 13.0 Å². The molecule has 1 amide bonds. The molecule has 0 radical (unpaired) electrons. The van der Waals surface area contributed by atoms with Gasteiger partial charge in [0.25, 0.3) is 5.91 Å². The molecular weight excluding hydrogens is 316 g/mol. The van der Waals surface area contributed by atoms with Gasteiger partial charge in [0.15, 0.2) is 0 Å². The van der Waals surface area contributed by atoms with E-state index in [0.717, 1.165) is 18.0 Å². The van der Waals surface area contributed by atoms with Crippen molar-refractivity contribution in [3.8, 4) is 5.75 Å². The molecule has 5 nitrogen and oxygen atoms in total. The molecular formula is C20H32N2O3. The van der Waals surface area contributed by atoms with E-state index in [2.05, 4.69) is 10.2 Å². The minimum Gasteiger partial charge on any atom is -0.492 e. The number of ether oxygens (including phenoxy) is 2. The van der Waals surface area contributed by atoms with Gasteiger partial charge in [-0.2, -0.15) is 0 Å². The van der Waals surface area contributed by atoms with E-state index in [1.165, 1.54) is 38.8 Å². The molecule has 1 aliphatic heterocycles. The number of carbonyl (C=O) groups excluding carboxylic acids is 1. The predicted octanol–water partition coefficient (Wildman–Crippen LogP) is 3.70. The van der Waals surface area contributed by atoms with Crippen LogP contribution in [-0.2, 0) is 9.53 Å². The third-order valence-electron chi connectivity index (χ3n) is 5.09. The highest BCUT2D eigenvalue weighted by Gasteiger charge is 2.30. The summed E-state index contributed by atoms with van der Waals surface area (Å²) in [5.74, 6) is 0.699. The number of methoxy groups -OCH3 is 1. The first-order valence-corrected chi connectivity index (χ1v) is 9.39. The molecule has 5 heteroatoms. The van der Waals surface area contributed by atoms with Gasteiger partial charge in [-0.05, 0) is 63.5 Å². The summed E-state index contributed by atoms with van der Waals surface area (Å²) >= 11 is 0. The molecule has 1 fully saturated rings. The summed E-state index contributed by atoms with van der Waals surface area (Å²) < 4.78 is 11.2. The summed E-state index contributed by atoms with van der Waals surface area (Å²) in [4.78, 5) is 14.8. The number of hydrogen-bond acceptors (Lipinski definition) is 4. The minimum absolute atomic E-state index is 0.132. The first-order valence-electron chi connectivity index (χ1n) is 9.39. The van der Waals surface area contributed by atoms with Crippen molar-refractivity contribution in [3.63, 3.8) is 0 Å². The Bertz CT molecular complexity index is 518. The van der Waals surface area contributed by atoms with Crippen molar-refractivity contribution < 1.29 is 14.3 Å². The van der Waals surface area contributed by atoms with Crippen LogP contribution in [0.15, 0.2) is 24.3 Å². The Labute approximate surface area is 151 Å². The zero-order valence-corrected chi connectivity index (χ0v) is 15.8. The summed E-state index contributed by atoms with van der Waals surface area (Å²) in [5.41, 5.74) is -0.0518. The Hall–Kier alpha value is -1.59. The minimum atomic E-state index is -0.803. The number of hydrogen-bond donors (Lipinski definition) is 1. The fourth-order valence-electron chi connectivity index (χ4n) is 2.95. The first kappa shape index (κ1) is 19.7. The standard InChI is InChI=1S/C20H32N2O3/c1-4-20(2,24-3)19(23)21-17-9-11-18(12-10-17)25-16-15-22-13-7-5-6-8-14-22/h9-12H,4-8,13-16H2,1-3H3,(H,21,23). The third kappa shape index (κ3) is 6.01. The fourth-order valence-corrected chi connectivity index (χ4v) is 2.95. The molecule has 1 atom stereocenters. The van der Waals surface area contributed by atoms with Crippen molar-refractivity contribution in [1.29, 1.82) is 0 Å². The first-order chi connectivity index (χ1) is 12.1. The second kappa shape index (κ2) is 9.78. The average molecular weight is 348 g/mol. The molecule has 0 aromatic heterocycles. The van der Waals surface area contributed by atoms with Gasteiger partial charge in [0.1, 0.15) is 18.0 Å². The second-order valence-electron chi connectivity index (χ2n) is 6.87. The lowest BCUT2D eigenvalue weighted by Gasteiger charge is -2.25. The highest BCUT2D eigenvalue weighted by atomic mass is 16.5. The Morgan fingerprint density at radius 3 is 2.36 bits per heavy atom. The van der Waals surface area contributed by atoms with Crippen molar-refractivity contribution >= 4 is 11.6 Å². The Kier molecular flexibility index (Phi) is 7.72. The second-order valence-corrected chi connectivity index (χ2v) is 6.87. The van der Waals surface area contributed by atoms with Crippen molar-refractivity contribution in [2.45, 2.75) is 51.6 Å². The monoisotopic (exact) mass is 348 g/mol. The molecule has 140 valence electrons. The topological polar surface area (TPSA) is 50.8 Å². The lowest BCUT2D eigenvalue weighted by molar-refractivity contribution is -0.136. The van der Waals surface area contributed by atoms with Crippen molar-refractivity contribution in [2.24, 2.45) is 0 Å². The van der Waals surface area contributed by atoms with Gasteiger partial charge in [0.2, 0.25) is 0 Å². The molecule has 1 unspecified atom stereocenters. The maximum Gasteiger partial charge on any atom is 0.256 e. The van der Waals surface area contributed by atoms with Gasteiger partial charge in [-0.3, -0.25) is 9.69 Å². The van der Waals surface area contributed by atoms with Crippen LogP contribution in [0.25, 0.3) is 0 Å². The van der Waals surface area contributed by atoms with Crippen LogP contribution >= 0.6 is 0 Å². The summed E-state index contributed by atoms with van der Waals surface area (Å²) in [6.07, 6.45) is 5.92.